The first-order valence-electron chi connectivity index (χ1n) is 10.2. The fourth-order valence-corrected chi connectivity index (χ4v) is 3.48. The fraction of sp³-hybridized carbons (Fsp3) is 0.154. The van der Waals surface area contributed by atoms with Gasteiger partial charge in [-0.15, -0.1) is 0 Å². The number of carbonyl (C=O) groups excluding carboxylic acids is 1. The van der Waals surface area contributed by atoms with Crippen molar-refractivity contribution < 1.29 is 14.3 Å². The van der Waals surface area contributed by atoms with Crippen LogP contribution in [0.4, 0.5) is 5.69 Å². The molecule has 0 saturated heterocycles. The molecule has 168 valence electrons. The van der Waals surface area contributed by atoms with Gasteiger partial charge in [0.25, 0.3) is 5.91 Å². The molecule has 0 atom stereocenters. The Kier molecular flexibility index (Phi) is 8.37. The number of hydrogen-bond acceptors (Lipinski definition) is 4. The zero-order valence-corrected chi connectivity index (χ0v) is 19.7. The molecule has 1 N–H and O–H groups in total. The molecule has 3 aromatic rings. The summed E-state index contributed by atoms with van der Waals surface area (Å²) in [6, 6.07) is 19.7. The van der Waals surface area contributed by atoms with Gasteiger partial charge >= 0.3 is 0 Å². The van der Waals surface area contributed by atoms with Crippen molar-refractivity contribution in [2.45, 2.75) is 20.5 Å². The quantitative estimate of drug-likeness (QED) is 0.283. The predicted octanol–water partition coefficient (Wildman–Crippen LogP) is 6.83. The Morgan fingerprint density at radius 2 is 1.73 bits per heavy atom. The van der Waals surface area contributed by atoms with Crippen molar-refractivity contribution in [3.05, 3.63) is 93.0 Å². The molecule has 0 aromatic heterocycles. The van der Waals surface area contributed by atoms with E-state index in [1.54, 1.807) is 48.5 Å². The zero-order valence-electron chi connectivity index (χ0n) is 18.2. The largest absolute Gasteiger partial charge is 0.490 e. The number of aryl methyl sites for hydroxylation is 1. The summed E-state index contributed by atoms with van der Waals surface area (Å²) in [5, 5.41) is 13.3. The maximum Gasteiger partial charge on any atom is 0.266 e. The third-order valence-electron chi connectivity index (χ3n) is 4.69. The summed E-state index contributed by atoms with van der Waals surface area (Å²) in [6.07, 6.45) is 1.50. The molecule has 0 radical (unpaired) electrons. The lowest BCUT2D eigenvalue weighted by molar-refractivity contribution is -0.112. The van der Waals surface area contributed by atoms with Crippen LogP contribution in [0.2, 0.25) is 10.0 Å². The molecule has 0 fully saturated rings. The smallest absolute Gasteiger partial charge is 0.266 e. The molecule has 0 saturated carbocycles. The summed E-state index contributed by atoms with van der Waals surface area (Å²) >= 11 is 12.4. The summed E-state index contributed by atoms with van der Waals surface area (Å²) in [5.41, 5.74) is 2.95. The van der Waals surface area contributed by atoms with Crippen LogP contribution in [0.1, 0.15) is 23.6 Å². The Morgan fingerprint density at radius 1 is 1.03 bits per heavy atom. The minimum Gasteiger partial charge on any atom is -0.490 e. The Balaban J connectivity index is 1.80. The third-order valence-corrected chi connectivity index (χ3v) is 5.40. The summed E-state index contributed by atoms with van der Waals surface area (Å²) in [5.74, 6) is 0.478. The minimum absolute atomic E-state index is 0.0328. The highest BCUT2D eigenvalue weighted by Crippen LogP contribution is 2.32. The predicted molar refractivity (Wildman–Crippen MR) is 132 cm³/mol. The van der Waals surface area contributed by atoms with Crippen LogP contribution in [0.15, 0.2) is 66.2 Å². The van der Waals surface area contributed by atoms with E-state index in [9.17, 15) is 10.1 Å². The molecule has 7 heteroatoms. The second-order valence-corrected chi connectivity index (χ2v) is 7.93. The summed E-state index contributed by atoms with van der Waals surface area (Å²) in [4.78, 5) is 12.6. The molecule has 3 aromatic carbocycles. The van der Waals surface area contributed by atoms with Gasteiger partial charge in [-0.2, -0.15) is 5.26 Å². The molecule has 1 amide bonds. The summed E-state index contributed by atoms with van der Waals surface area (Å²) in [7, 11) is 0. The average Bonchev–Trinajstić information content (AvgIpc) is 2.80. The van der Waals surface area contributed by atoms with Gasteiger partial charge < -0.3 is 14.8 Å². The lowest BCUT2D eigenvalue weighted by atomic mass is 10.1. The van der Waals surface area contributed by atoms with Crippen molar-refractivity contribution in [1.82, 2.24) is 0 Å². The molecule has 3 rings (SSSR count). The van der Waals surface area contributed by atoms with Crippen LogP contribution < -0.4 is 14.8 Å². The first-order valence-corrected chi connectivity index (χ1v) is 11.0. The second kappa shape index (κ2) is 11.4. The minimum atomic E-state index is -0.493. The van der Waals surface area contributed by atoms with Crippen molar-refractivity contribution in [3.8, 4) is 17.6 Å². The molecular weight excluding hydrogens is 459 g/mol. The number of ether oxygens (including phenoxy) is 2. The number of benzene rings is 3. The first-order chi connectivity index (χ1) is 15.9. The van der Waals surface area contributed by atoms with E-state index in [1.165, 1.54) is 6.08 Å². The molecular formula is C26H22Cl2N2O3. The number of rotatable bonds is 8. The Hall–Kier alpha value is -3.46. The second-order valence-electron chi connectivity index (χ2n) is 7.12. The maximum atomic E-state index is 12.6. The monoisotopic (exact) mass is 480 g/mol. The molecule has 0 bridgehead atoms. The van der Waals surface area contributed by atoms with E-state index in [0.717, 1.165) is 5.56 Å². The number of nitrogens with one attached hydrogen (secondary N) is 1. The standard InChI is InChI=1S/C26H22Cl2N2O3/c1-3-32-25-14-18(9-12-24(25)33-16-21-22(27)5-4-6-23(21)28)13-19(15-29)26(31)30-20-10-7-17(2)8-11-20/h4-14H,3,16H2,1-2H3,(H,30,31)/b19-13-. The van der Waals surface area contributed by atoms with Crippen LogP contribution in [-0.2, 0) is 11.4 Å². The Morgan fingerprint density at radius 3 is 2.36 bits per heavy atom. The molecule has 0 aliphatic carbocycles. The number of nitrogens with zero attached hydrogens (tertiary/aromatic N) is 1. The molecule has 0 aliphatic heterocycles. The first kappa shape index (κ1) is 24.2. The van der Waals surface area contributed by atoms with Crippen molar-refractivity contribution in [2.75, 3.05) is 11.9 Å². The zero-order chi connectivity index (χ0) is 23.8. The average molecular weight is 481 g/mol. The van der Waals surface area contributed by atoms with Crippen molar-refractivity contribution in [1.29, 1.82) is 5.26 Å². The van der Waals surface area contributed by atoms with Gasteiger partial charge in [-0.1, -0.05) is 53.0 Å². The fourth-order valence-electron chi connectivity index (χ4n) is 2.97. The summed E-state index contributed by atoms with van der Waals surface area (Å²) in [6.45, 7) is 4.39. The van der Waals surface area contributed by atoms with E-state index < -0.39 is 5.91 Å². The molecule has 5 nitrogen and oxygen atoms in total. The number of carbonyl (C=O) groups is 1. The van der Waals surface area contributed by atoms with Gasteiger partial charge in [0.1, 0.15) is 18.2 Å². The van der Waals surface area contributed by atoms with E-state index in [1.807, 2.05) is 32.0 Å². The molecule has 0 unspecified atom stereocenters. The number of hydrogen-bond donors (Lipinski definition) is 1. The van der Waals surface area contributed by atoms with Crippen molar-refractivity contribution in [2.24, 2.45) is 0 Å². The number of amides is 1. The Bertz CT molecular complexity index is 1190. The number of halogens is 2. The highest BCUT2D eigenvalue weighted by molar-refractivity contribution is 6.35. The third kappa shape index (κ3) is 6.52. The van der Waals surface area contributed by atoms with Gasteiger partial charge in [0.15, 0.2) is 11.5 Å². The molecule has 0 heterocycles. The summed E-state index contributed by atoms with van der Waals surface area (Å²) < 4.78 is 11.6. The normalized spacial score (nSPS) is 10.9. The van der Waals surface area contributed by atoms with E-state index in [4.69, 9.17) is 32.7 Å². The molecule has 0 spiro atoms. The van der Waals surface area contributed by atoms with Crippen LogP contribution in [0.5, 0.6) is 11.5 Å². The van der Waals surface area contributed by atoms with Crippen LogP contribution in [0, 0.1) is 18.3 Å². The van der Waals surface area contributed by atoms with Gasteiger partial charge in [0.2, 0.25) is 0 Å². The highest BCUT2D eigenvalue weighted by Gasteiger charge is 2.13. The lowest BCUT2D eigenvalue weighted by Crippen LogP contribution is -2.13. The van der Waals surface area contributed by atoms with Crippen molar-refractivity contribution >= 4 is 40.9 Å². The van der Waals surface area contributed by atoms with E-state index in [-0.39, 0.29) is 12.2 Å². The van der Waals surface area contributed by atoms with Gasteiger partial charge in [-0.3, -0.25) is 4.79 Å². The molecule has 0 aliphatic rings. The SMILES string of the molecule is CCOc1cc(/C=C(/C#N)C(=O)Nc2ccc(C)cc2)ccc1OCc1c(Cl)cccc1Cl. The topological polar surface area (TPSA) is 71.3 Å². The molecule has 33 heavy (non-hydrogen) atoms. The van der Waals surface area contributed by atoms with Crippen LogP contribution >= 0.6 is 23.2 Å². The van der Waals surface area contributed by atoms with Gasteiger partial charge in [0.05, 0.1) is 6.61 Å². The maximum absolute atomic E-state index is 12.6. The van der Waals surface area contributed by atoms with Gasteiger partial charge in [-0.25, -0.2) is 0 Å². The highest BCUT2D eigenvalue weighted by atomic mass is 35.5. The van der Waals surface area contributed by atoms with E-state index in [0.29, 0.717) is 45.0 Å². The van der Waals surface area contributed by atoms with Gasteiger partial charge in [0, 0.05) is 21.3 Å². The van der Waals surface area contributed by atoms with E-state index >= 15 is 0 Å². The number of nitriles is 1. The van der Waals surface area contributed by atoms with Crippen LogP contribution in [0.25, 0.3) is 6.08 Å². The Labute approximate surface area is 203 Å². The lowest BCUT2D eigenvalue weighted by Gasteiger charge is -2.14. The van der Waals surface area contributed by atoms with Crippen LogP contribution in [-0.4, -0.2) is 12.5 Å². The van der Waals surface area contributed by atoms with E-state index in [2.05, 4.69) is 5.32 Å². The van der Waals surface area contributed by atoms with Gasteiger partial charge in [-0.05, 0) is 61.9 Å². The van der Waals surface area contributed by atoms with Crippen molar-refractivity contribution in [3.63, 3.8) is 0 Å². The van der Waals surface area contributed by atoms with Crippen LogP contribution in [0.3, 0.4) is 0 Å². The number of anilines is 1.